The Hall–Kier alpha value is -1.62. The van der Waals surface area contributed by atoms with E-state index in [0.717, 1.165) is 6.54 Å². The van der Waals surface area contributed by atoms with Crippen molar-refractivity contribution in [2.45, 2.75) is 26.3 Å². The lowest BCUT2D eigenvalue weighted by atomic mass is 10.2. The Morgan fingerprint density at radius 2 is 1.95 bits per heavy atom. The molecule has 116 valence electrons. The largest absolute Gasteiger partial charge is 0.366 e. The van der Waals surface area contributed by atoms with Crippen molar-refractivity contribution in [3.63, 3.8) is 0 Å². The SMILES string of the molecule is CCNC(C)CC(=O)N1CCN(c2ccccc2F)CC1. The summed E-state index contributed by atoms with van der Waals surface area (Å²) in [5, 5.41) is 3.25. The molecule has 1 saturated heterocycles. The summed E-state index contributed by atoms with van der Waals surface area (Å²) in [4.78, 5) is 16.1. The molecular weight excluding hydrogens is 269 g/mol. The molecule has 1 aliphatic heterocycles. The molecule has 4 nitrogen and oxygen atoms in total. The van der Waals surface area contributed by atoms with E-state index in [0.29, 0.717) is 38.3 Å². The summed E-state index contributed by atoms with van der Waals surface area (Å²) in [6.07, 6.45) is 0.521. The molecule has 0 aliphatic carbocycles. The number of anilines is 1. The minimum Gasteiger partial charge on any atom is -0.366 e. The van der Waals surface area contributed by atoms with Crippen LogP contribution in [-0.4, -0.2) is 49.6 Å². The summed E-state index contributed by atoms with van der Waals surface area (Å²) in [6.45, 7) is 7.61. The molecule has 0 spiro atoms. The van der Waals surface area contributed by atoms with Crippen LogP contribution in [0.5, 0.6) is 0 Å². The van der Waals surface area contributed by atoms with Crippen molar-refractivity contribution >= 4 is 11.6 Å². The van der Waals surface area contributed by atoms with Crippen LogP contribution < -0.4 is 10.2 Å². The molecule has 0 aromatic heterocycles. The van der Waals surface area contributed by atoms with Crippen molar-refractivity contribution in [1.29, 1.82) is 0 Å². The molecule has 0 radical (unpaired) electrons. The third-order valence-electron chi connectivity index (χ3n) is 3.86. The minimum absolute atomic E-state index is 0.177. The fourth-order valence-corrected chi connectivity index (χ4v) is 2.72. The Bertz CT molecular complexity index is 472. The number of nitrogens with one attached hydrogen (secondary N) is 1. The first kappa shape index (κ1) is 15.8. The van der Waals surface area contributed by atoms with E-state index in [1.165, 1.54) is 6.07 Å². The number of nitrogens with zero attached hydrogens (tertiary/aromatic N) is 2. The molecule has 0 bridgehead atoms. The summed E-state index contributed by atoms with van der Waals surface area (Å²) < 4.78 is 13.8. The van der Waals surface area contributed by atoms with Crippen LogP contribution in [0.4, 0.5) is 10.1 Å². The zero-order valence-corrected chi connectivity index (χ0v) is 12.8. The molecule has 0 saturated carbocycles. The fourth-order valence-electron chi connectivity index (χ4n) is 2.72. The van der Waals surface area contributed by atoms with Crippen LogP contribution >= 0.6 is 0 Å². The summed E-state index contributed by atoms with van der Waals surface area (Å²) in [5.74, 6) is -0.0188. The van der Waals surface area contributed by atoms with Gasteiger partial charge in [-0.1, -0.05) is 19.1 Å². The van der Waals surface area contributed by atoms with Gasteiger partial charge >= 0.3 is 0 Å². The Balaban J connectivity index is 1.86. The molecule has 1 fully saturated rings. The summed E-state index contributed by atoms with van der Waals surface area (Å²) in [5.41, 5.74) is 0.630. The number of rotatable bonds is 5. The van der Waals surface area contributed by atoms with Crippen molar-refractivity contribution in [1.82, 2.24) is 10.2 Å². The van der Waals surface area contributed by atoms with Crippen molar-refractivity contribution in [3.05, 3.63) is 30.1 Å². The maximum absolute atomic E-state index is 13.8. The Morgan fingerprint density at radius 3 is 2.57 bits per heavy atom. The molecule has 1 heterocycles. The molecule has 1 atom stereocenters. The lowest BCUT2D eigenvalue weighted by Gasteiger charge is -2.36. The highest BCUT2D eigenvalue weighted by molar-refractivity contribution is 5.77. The third kappa shape index (κ3) is 4.17. The van der Waals surface area contributed by atoms with Gasteiger partial charge in [0.2, 0.25) is 5.91 Å². The highest BCUT2D eigenvalue weighted by Crippen LogP contribution is 2.20. The average molecular weight is 293 g/mol. The van der Waals surface area contributed by atoms with Crippen molar-refractivity contribution < 1.29 is 9.18 Å². The van der Waals surface area contributed by atoms with Crippen LogP contribution in [0.1, 0.15) is 20.3 Å². The number of benzene rings is 1. The average Bonchev–Trinajstić information content (AvgIpc) is 2.48. The maximum atomic E-state index is 13.8. The van der Waals surface area contributed by atoms with Crippen LogP contribution in [0.15, 0.2) is 24.3 Å². The van der Waals surface area contributed by atoms with Crippen LogP contribution in [0.2, 0.25) is 0 Å². The molecule has 5 heteroatoms. The first-order valence-corrected chi connectivity index (χ1v) is 7.62. The van der Waals surface area contributed by atoms with E-state index in [1.54, 1.807) is 12.1 Å². The van der Waals surface area contributed by atoms with Crippen molar-refractivity contribution in [2.24, 2.45) is 0 Å². The normalized spacial score (nSPS) is 16.9. The number of amides is 1. The molecule has 21 heavy (non-hydrogen) atoms. The van der Waals surface area contributed by atoms with Crippen molar-refractivity contribution in [3.8, 4) is 0 Å². The van der Waals surface area contributed by atoms with Gasteiger partial charge in [0.25, 0.3) is 0 Å². The van der Waals surface area contributed by atoms with E-state index in [1.807, 2.05) is 29.7 Å². The van der Waals surface area contributed by atoms with E-state index in [4.69, 9.17) is 0 Å². The zero-order valence-electron chi connectivity index (χ0n) is 12.8. The number of piperazine rings is 1. The standard InChI is InChI=1S/C16H24FN3O/c1-3-18-13(2)12-16(21)20-10-8-19(9-11-20)15-7-5-4-6-14(15)17/h4-7,13,18H,3,8-12H2,1-2H3. The van der Waals surface area contributed by atoms with Crippen LogP contribution in [0.25, 0.3) is 0 Å². The van der Waals surface area contributed by atoms with Gasteiger partial charge in [-0.3, -0.25) is 4.79 Å². The first-order chi connectivity index (χ1) is 10.1. The van der Waals surface area contributed by atoms with E-state index >= 15 is 0 Å². The van der Waals surface area contributed by atoms with Gasteiger partial charge < -0.3 is 15.1 Å². The van der Waals surface area contributed by atoms with Gasteiger partial charge in [0.15, 0.2) is 0 Å². The monoisotopic (exact) mass is 293 g/mol. The van der Waals surface area contributed by atoms with Gasteiger partial charge in [-0.05, 0) is 25.6 Å². The quantitative estimate of drug-likeness (QED) is 0.900. The van der Waals surface area contributed by atoms with E-state index in [-0.39, 0.29) is 17.8 Å². The summed E-state index contributed by atoms with van der Waals surface area (Å²) >= 11 is 0. The van der Waals surface area contributed by atoms with Crippen LogP contribution in [0, 0.1) is 5.82 Å². The topological polar surface area (TPSA) is 35.6 Å². The molecule has 1 N–H and O–H groups in total. The lowest BCUT2D eigenvalue weighted by molar-refractivity contribution is -0.131. The fraction of sp³-hybridized carbons (Fsp3) is 0.562. The number of halogens is 1. The zero-order chi connectivity index (χ0) is 15.2. The Kier molecular flexibility index (Phi) is 5.56. The Morgan fingerprint density at radius 1 is 1.29 bits per heavy atom. The highest BCUT2D eigenvalue weighted by atomic mass is 19.1. The van der Waals surface area contributed by atoms with Gasteiger partial charge in [0, 0.05) is 38.6 Å². The first-order valence-electron chi connectivity index (χ1n) is 7.62. The number of hydrogen-bond donors (Lipinski definition) is 1. The molecular formula is C16H24FN3O. The van der Waals surface area contributed by atoms with Crippen molar-refractivity contribution in [2.75, 3.05) is 37.6 Å². The molecule has 1 aliphatic rings. The van der Waals surface area contributed by atoms with E-state index in [9.17, 15) is 9.18 Å². The lowest BCUT2D eigenvalue weighted by Crippen LogP contribution is -2.50. The molecule has 2 rings (SSSR count). The summed E-state index contributed by atoms with van der Waals surface area (Å²) in [6, 6.07) is 7.01. The van der Waals surface area contributed by atoms with Gasteiger partial charge in [-0.2, -0.15) is 0 Å². The second-order valence-corrected chi connectivity index (χ2v) is 5.48. The second-order valence-electron chi connectivity index (χ2n) is 5.48. The number of para-hydroxylation sites is 1. The number of carbonyl (C=O) groups is 1. The van der Waals surface area contributed by atoms with Crippen LogP contribution in [0.3, 0.4) is 0 Å². The maximum Gasteiger partial charge on any atom is 0.224 e. The highest BCUT2D eigenvalue weighted by Gasteiger charge is 2.23. The molecule has 1 aromatic carbocycles. The van der Waals surface area contributed by atoms with Crippen LogP contribution in [-0.2, 0) is 4.79 Å². The third-order valence-corrected chi connectivity index (χ3v) is 3.86. The van der Waals surface area contributed by atoms with Gasteiger partial charge in [0.05, 0.1) is 5.69 Å². The van der Waals surface area contributed by atoms with E-state index < -0.39 is 0 Å². The smallest absolute Gasteiger partial charge is 0.224 e. The second kappa shape index (κ2) is 7.41. The molecule has 1 aromatic rings. The Labute approximate surface area is 125 Å². The molecule has 1 amide bonds. The van der Waals surface area contributed by atoms with E-state index in [2.05, 4.69) is 5.32 Å². The van der Waals surface area contributed by atoms with Gasteiger partial charge in [-0.15, -0.1) is 0 Å². The summed E-state index contributed by atoms with van der Waals surface area (Å²) in [7, 11) is 0. The predicted octanol–water partition coefficient (Wildman–Crippen LogP) is 1.86. The minimum atomic E-state index is -0.196. The number of carbonyl (C=O) groups excluding carboxylic acids is 1. The number of hydrogen-bond acceptors (Lipinski definition) is 3. The van der Waals surface area contributed by atoms with Gasteiger partial charge in [0.1, 0.15) is 5.82 Å². The molecule has 1 unspecified atom stereocenters. The van der Waals surface area contributed by atoms with Gasteiger partial charge in [-0.25, -0.2) is 4.39 Å². The predicted molar refractivity (Wildman–Crippen MR) is 82.9 cm³/mol.